The van der Waals surface area contributed by atoms with E-state index in [0.29, 0.717) is 37.6 Å². The molecule has 2 atom stereocenters. The molecule has 9 heteroatoms. The van der Waals surface area contributed by atoms with E-state index in [9.17, 15) is 9.18 Å². The minimum Gasteiger partial charge on any atom is -0.494 e. The lowest BCUT2D eigenvalue weighted by atomic mass is 10.1. The fourth-order valence-corrected chi connectivity index (χ4v) is 3.16. The fraction of sp³-hybridized carbons (Fsp3) is 0.500. The van der Waals surface area contributed by atoms with Crippen LogP contribution in [0.2, 0.25) is 0 Å². The zero-order chi connectivity index (χ0) is 19.4. The zero-order valence-corrected chi connectivity index (χ0v) is 15.6. The number of methoxy groups -OCH3 is 2. The summed E-state index contributed by atoms with van der Waals surface area (Å²) in [6, 6.07) is 4.18. The first-order valence-electron chi connectivity index (χ1n) is 8.71. The van der Waals surface area contributed by atoms with E-state index < -0.39 is 5.82 Å². The van der Waals surface area contributed by atoms with E-state index in [2.05, 4.69) is 15.5 Å². The number of ether oxygens (including phenoxy) is 2. The fourth-order valence-electron chi connectivity index (χ4n) is 3.16. The van der Waals surface area contributed by atoms with Crippen LogP contribution in [0.15, 0.2) is 22.7 Å². The van der Waals surface area contributed by atoms with Crippen LogP contribution in [-0.4, -0.2) is 54.5 Å². The molecule has 27 heavy (non-hydrogen) atoms. The molecule has 1 saturated heterocycles. The Kier molecular flexibility index (Phi) is 5.90. The third kappa shape index (κ3) is 4.36. The zero-order valence-electron chi connectivity index (χ0n) is 15.6. The molecule has 2 aromatic rings. The van der Waals surface area contributed by atoms with Crippen molar-refractivity contribution in [3.8, 4) is 5.75 Å². The minimum atomic E-state index is -0.421. The van der Waals surface area contributed by atoms with Crippen molar-refractivity contribution in [3.05, 3.63) is 41.3 Å². The number of nitrogens with one attached hydrogen (secondary N) is 1. The maximum absolute atomic E-state index is 13.7. The number of benzene rings is 1. The Morgan fingerprint density at radius 1 is 1.44 bits per heavy atom. The number of likely N-dealkylation sites (tertiary alicyclic amines) is 1. The molecule has 0 radical (unpaired) electrons. The van der Waals surface area contributed by atoms with Crippen molar-refractivity contribution in [1.82, 2.24) is 20.4 Å². The number of aromatic nitrogens is 2. The number of amides is 2. The highest BCUT2D eigenvalue weighted by Crippen LogP contribution is 2.32. The van der Waals surface area contributed by atoms with E-state index in [1.54, 1.807) is 31.1 Å². The molecule has 0 unspecified atom stereocenters. The van der Waals surface area contributed by atoms with E-state index in [1.807, 2.05) is 0 Å². The lowest BCUT2D eigenvalue weighted by Gasteiger charge is -2.22. The van der Waals surface area contributed by atoms with Gasteiger partial charge in [-0.05, 0) is 31.0 Å². The van der Waals surface area contributed by atoms with Crippen molar-refractivity contribution in [1.29, 1.82) is 0 Å². The molecule has 3 rings (SSSR count). The third-order valence-corrected chi connectivity index (χ3v) is 4.59. The van der Waals surface area contributed by atoms with Crippen LogP contribution in [0.1, 0.15) is 29.7 Å². The molecule has 1 aromatic carbocycles. The van der Waals surface area contributed by atoms with Crippen LogP contribution in [0.5, 0.6) is 5.75 Å². The lowest BCUT2D eigenvalue weighted by Crippen LogP contribution is -2.41. The van der Waals surface area contributed by atoms with Gasteiger partial charge in [0.2, 0.25) is 5.89 Å². The summed E-state index contributed by atoms with van der Waals surface area (Å²) in [7, 11) is 3.03. The van der Waals surface area contributed by atoms with Gasteiger partial charge in [-0.3, -0.25) is 0 Å². The summed E-state index contributed by atoms with van der Waals surface area (Å²) < 4.78 is 29.3. The first-order chi connectivity index (χ1) is 13.0. The Balaban J connectivity index is 1.59. The molecule has 146 valence electrons. The van der Waals surface area contributed by atoms with Gasteiger partial charge in [-0.15, -0.1) is 0 Å². The van der Waals surface area contributed by atoms with Crippen LogP contribution in [0.4, 0.5) is 9.18 Å². The predicted molar refractivity (Wildman–Crippen MR) is 94.0 cm³/mol. The Labute approximate surface area is 156 Å². The quantitative estimate of drug-likeness (QED) is 0.829. The van der Waals surface area contributed by atoms with Gasteiger partial charge in [-0.2, -0.15) is 4.98 Å². The maximum atomic E-state index is 13.7. The van der Waals surface area contributed by atoms with Gasteiger partial charge in [0, 0.05) is 26.6 Å². The second-order valence-electron chi connectivity index (χ2n) is 6.39. The van der Waals surface area contributed by atoms with E-state index in [4.69, 9.17) is 14.0 Å². The van der Waals surface area contributed by atoms with E-state index in [0.717, 1.165) is 5.56 Å². The van der Waals surface area contributed by atoms with Crippen LogP contribution in [-0.2, 0) is 11.2 Å². The summed E-state index contributed by atoms with van der Waals surface area (Å²) in [5.74, 6) is 0.700. The number of nitrogens with zero attached hydrogens (tertiary/aromatic N) is 3. The van der Waals surface area contributed by atoms with Gasteiger partial charge in [-0.25, -0.2) is 9.18 Å². The van der Waals surface area contributed by atoms with Gasteiger partial charge in [0.25, 0.3) is 0 Å². The molecule has 1 N–H and O–H groups in total. The van der Waals surface area contributed by atoms with Gasteiger partial charge in [0.15, 0.2) is 17.4 Å². The highest BCUT2D eigenvalue weighted by molar-refractivity contribution is 5.75. The van der Waals surface area contributed by atoms with Gasteiger partial charge in [-0.1, -0.05) is 11.2 Å². The van der Waals surface area contributed by atoms with E-state index in [-0.39, 0.29) is 23.9 Å². The number of halogens is 1. The molecule has 1 aliphatic heterocycles. The Morgan fingerprint density at radius 2 is 2.26 bits per heavy atom. The van der Waals surface area contributed by atoms with Gasteiger partial charge in [0.05, 0.1) is 13.2 Å². The van der Waals surface area contributed by atoms with Crippen LogP contribution in [0.3, 0.4) is 0 Å². The highest BCUT2D eigenvalue weighted by Gasteiger charge is 2.39. The second kappa shape index (κ2) is 8.34. The molecule has 1 fully saturated rings. The Hall–Kier alpha value is -2.68. The van der Waals surface area contributed by atoms with Gasteiger partial charge < -0.3 is 24.2 Å². The SMILES string of the molecule is COc1ccc(CCNC(=O)N2C[C@@H](OC)C[C@@H]2c2nc(C)no2)cc1F. The number of hydrogen-bond acceptors (Lipinski definition) is 6. The molecule has 0 bridgehead atoms. The van der Waals surface area contributed by atoms with Crippen molar-refractivity contribution >= 4 is 6.03 Å². The largest absolute Gasteiger partial charge is 0.494 e. The smallest absolute Gasteiger partial charge is 0.318 e. The summed E-state index contributed by atoms with van der Waals surface area (Å²) >= 11 is 0. The Bertz CT molecular complexity index is 797. The molecule has 0 saturated carbocycles. The average molecular weight is 378 g/mol. The molecule has 8 nitrogen and oxygen atoms in total. The van der Waals surface area contributed by atoms with Gasteiger partial charge in [0.1, 0.15) is 6.04 Å². The minimum absolute atomic E-state index is 0.0939. The number of carbonyl (C=O) groups is 1. The molecular formula is C18H23FN4O4. The topological polar surface area (TPSA) is 89.7 Å². The Morgan fingerprint density at radius 3 is 2.89 bits per heavy atom. The van der Waals surface area contributed by atoms with Gasteiger partial charge >= 0.3 is 6.03 Å². The lowest BCUT2D eigenvalue weighted by molar-refractivity contribution is 0.110. The molecule has 1 aliphatic rings. The monoisotopic (exact) mass is 378 g/mol. The predicted octanol–water partition coefficient (Wildman–Crippen LogP) is 2.24. The highest BCUT2D eigenvalue weighted by atomic mass is 19.1. The number of hydrogen-bond donors (Lipinski definition) is 1. The number of urea groups is 1. The first kappa shape index (κ1) is 19.1. The van der Waals surface area contributed by atoms with Crippen molar-refractivity contribution in [2.45, 2.75) is 31.9 Å². The molecule has 2 amide bonds. The normalized spacial score (nSPS) is 19.3. The summed E-state index contributed by atoms with van der Waals surface area (Å²) in [5, 5.41) is 6.66. The number of rotatable bonds is 6. The van der Waals surface area contributed by atoms with Crippen LogP contribution in [0.25, 0.3) is 0 Å². The molecule has 1 aromatic heterocycles. The van der Waals surface area contributed by atoms with Crippen molar-refractivity contribution in [3.63, 3.8) is 0 Å². The molecule has 0 aliphatic carbocycles. The van der Waals surface area contributed by atoms with Crippen molar-refractivity contribution in [2.24, 2.45) is 0 Å². The van der Waals surface area contributed by atoms with E-state index in [1.165, 1.54) is 13.2 Å². The van der Waals surface area contributed by atoms with Crippen LogP contribution in [0, 0.1) is 12.7 Å². The van der Waals surface area contributed by atoms with Crippen LogP contribution < -0.4 is 10.1 Å². The summed E-state index contributed by atoms with van der Waals surface area (Å²) in [6.45, 7) is 2.54. The average Bonchev–Trinajstić information content (AvgIpc) is 3.27. The second-order valence-corrected chi connectivity index (χ2v) is 6.39. The van der Waals surface area contributed by atoms with Crippen molar-refractivity contribution < 1.29 is 23.2 Å². The third-order valence-electron chi connectivity index (χ3n) is 4.59. The number of aryl methyl sites for hydroxylation is 1. The molecule has 2 heterocycles. The van der Waals surface area contributed by atoms with Crippen LogP contribution >= 0.6 is 0 Å². The molecular weight excluding hydrogens is 355 g/mol. The maximum Gasteiger partial charge on any atom is 0.318 e. The standard InChI is InChI=1S/C18H23FN4O4/c1-11-21-17(27-22-11)15-9-13(25-2)10-23(15)18(24)20-7-6-12-4-5-16(26-3)14(19)8-12/h4-5,8,13,15H,6-7,9-10H2,1-3H3,(H,20,24)/t13-,15+/m0/s1. The first-order valence-corrected chi connectivity index (χ1v) is 8.71. The summed E-state index contributed by atoms with van der Waals surface area (Å²) in [4.78, 5) is 18.5. The summed E-state index contributed by atoms with van der Waals surface area (Å²) in [6.07, 6.45) is 0.997. The van der Waals surface area contributed by atoms with Crippen molar-refractivity contribution in [2.75, 3.05) is 27.3 Å². The number of carbonyl (C=O) groups excluding carboxylic acids is 1. The summed E-state index contributed by atoms with van der Waals surface area (Å²) in [5.41, 5.74) is 0.772. The molecule has 0 spiro atoms. The van der Waals surface area contributed by atoms with E-state index >= 15 is 0 Å².